The summed E-state index contributed by atoms with van der Waals surface area (Å²) >= 11 is 2.13. The van der Waals surface area contributed by atoms with Gasteiger partial charge < -0.3 is 9.97 Å². The van der Waals surface area contributed by atoms with E-state index in [4.69, 9.17) is 0 Å². The first kappa shape index (κ1) is 24.5. The van der Waals surface area contributed by atoms with E-state index in [-0.39, 0.29) is 23.1 Å². The third-order valence-corrected chi connectivity index (χ3v) is 8.79. The van der Waals surface area contributed by atoms with Crippen LogP contribution in [0.5, 0.6) is 0 Å². The molecule has 0 saturated heterocycles. The predicted octanol–water partition coefficient (Wildman–Crippen LogP) is 6.62. The van der Waals surface area contributed by atoms with E-state index in [1.54, 1.807) is 0 Å². The fourth-order valence-electron chi connectivity index (χ4n) is 4.26. The molecule has 2 heterocycles. The zero-order valence-corrected chi connectivity index (χ0v) is 22.6. The number of nitrogens with zero attached hydrogens (tertiary/aromatic N) is 2. The molecule has 2 N–H and O–H groups in total. The van der Waals surface area contributed by atoms with Gasteiger partial charge in [-0.05, 0) is 123 Å². The Morgan fingerprint density at radius 1 is 0.559 bits per heavy atom. The van der Waals surface area contributed by atoms with Gasteiger partial charge in [0.05, 0.1) is 22.1 Å². The summed E-state index contributed by atoms with van der Waals surface area (Å²) in [6, 6.07) is 0. The van der Waals surface area contributed by atoms with Crippen molar-refractivity contribution in [3.8, 4) is 0 Å². The summed E-state index contributed by atoms with van der Waals surface area (Å²) in [5, 5.41) is 0.981. The van der Waals surface area contributed by atoms with Crippen molar-refractivity contribution in [1.29, 1.82) is 0 Å². The van der Waals surface area contributed by atoms with Gasteiger partial charge in [0, 0.05) is 12.8 Å². The maximum atomic E-state index is 12.6. The van der Waals surface area contributed by atoms with Gasteiger partial charge in [-0.1, -0.05) is 0 Å². The van der Waals surface area contributed by atoms with E-state index in [0.717, 1.165) is 67.8 Å². The molecular formula is C26H30N4O2S2. The number of aromatic amines is 2. The van der Waals surface area contributed by atoms with Gasteiger partial charge in [0.1, 0.15) is 0 Å². The first-order valence-corrected chi connectivity index (χ1v) is 13.0. The van der Waals surface area contributed by atoms with Crippen LogP contribution in [0.4, 0.5) is 0 Å². The van der Waals surface area contributed by atoms with Gasteiger partial charge in [0.2, 0.25) is 0 Å². The Kier molecular flexibility index (Phi) is 6.66. The first-order chi connectivity index (χ1) is 16.0. The topological polar surface area (TPSA) is 91.5 Å². The van der Waals surface area contributed by atoms with Crippen molar-refractivity contribution in [3.63, 3.8) is 0 Å². The Morgan fingerprint density at radius 3 is 1.24 bits per heavy atom. The Labute approximate surface area is 208 Å². The number of rotatable bonds is 5. The molecule has 0 aliphatic rings. The Morgan fingerprint density at radius 2 is 0.882 bits per heavy atom. The standard InChI is InChI=1S/C26H30N4O2S2/c1-11-12(2)16(6)22-21(15(11)5)27-25(28-22)33-19(31)9-10-20(32)34-26-29-23-17(7)13(3)14(4)18(8)24(23)30-26/h9-10H2,1-8H3,(H,27,28)(H,29,30). The molecule has 0 bridgehead atoms. The quantitative estimate of drug-likeness (QED) is 0.303. The van der Waals surface area contributed by atoms with Crippen LogP contribution in [-0.2, 0) is 9.59 Å². The Hall–Kier alpha value is -2.58. The van der Waals surface area contributed by atoms with Crippen LogP contribution in [0.1, 0.15) is 57.3 Å². The number of thioether (sulfide) groups is 2. The molecule has 0 unspecified atom stereocenters. The molecule has 0 saturated carbocycles. The fraction of sp³-hybridized carbons (Fsp3) is 0.385. The van der Waals surface area contributed by atoms with Crippen LogP contribution in [0.25, 0.3) is 22.1 Å². The second-order valence-corrected chi connectivity index (χ2v) is 11.1. The van der Waals surface area contributed by atoms with Gasteiger partial charge in [-0.2, -0.15) is 0 Å². The maximum absolute atomic E-state index is 12.6. The normalized spacial score (nSPS) is 11.6. The van der Waals surface area contributed by atoms with E-state index in [2.05, 4.69) is 75.3 Å². The van der Waals surface area contributed by atoms with Gasteiger partial charge in [-0.25, -0.2) is 9.97 Å². The summed E-state index contributed by atoms with van der Waals surface area (Å²) in [4.78, 5) is 41.0. The summed E-state index contributed by atoms with van der Waals surface area (Å²) in [5.41, 5.74) is 13.2. The molecule has 8 heteroatoms. The van der Waals surface area contributed by atoms with Crippen LogP contribution >= 0.6 is 23.5 Å². The second kappa shape index (κ2) is 9.23. The van der Waals surface area contributed by atoms with E-state index in [0.29, 0.717) is 10.3 Å². The highest BCUT2D eigenvalue weighted by atomic mass is 32.2. The van der Waals surface area contributed by atoms with Crippen LogP contribution in [0.2, 0.25) is 0 Å². The molecule has 0 fully saturated rings. The van der Waals surface area contributed by atoms with E-state index in [1.165, 1.54) is 22.3 Å². The highest BCUT2D eigenvalue weighted by Crippen LogP contribution is 2.32. The first-order valence-electron chi connectivity index (χ1n) is 11.3. The third-order valence-electron chi connectivity index (χ3n) is 7.15. The number of benzene rings is 2. The number of imidazole rings is 2. The Bertz CT molecular complexity index is 1280. The number of aryl methyl sites for hydroxylation is 4. The highest BCUT2D eigenvalue weighted by Gasteiger charge is 2.18. The van der Waals surface area contributed by atoms with Crippen LogP contribution in [-0.4, -0.2) is 30.2 Å². The molecule has 0 atom stereocenters. The van der Waals surface area contributed by atoms with Crippen molar-refractivity contribution in [3.05, 3.63) is 44.5 Å². The van der Waals surface area contributed by atoms with Crippen molar-refractivity contribution >= 4 is 55.8 Å². The largest absolute Gasteiger partial charge is 0.332 e. The molecule has 4 rings (SSSR count). The summed E-state index contributed by atoms with van der Waals surface area (Å²) in [5.74, 6) is 0. The molecule has 178 valence electrons. The number of nitrogens with one attached hydrogen (secondary N) is 2. The van der Waals surface area contributed by atoms with Crippen LogP contribution in [0, 0.1) is 55.4 Å². The molecule has 4 aromatic rings. The van der Waals surface area contributed by atoms with E-state index < -0.39 is 0 Å². The highest BCUT2D eigenvalue weighted by molar-refractivity contribution is 8.14. The lowest BCUT2D eigenvalue weighted by Gasteiger charge is -2.09. The van der Waals surface area contributed by atoms with Gasteiger partial charge in [-0.3, -0.25) is 9.59 Å². The van der Waals surface area contributed by atoms with E-state index in [9.17, 15) is 9.59 Å². The molecule has 0 radical (unpaired) electrons. The van der Waals surface area contributed by atoms with Gasteiger partial charge in [-0.15, -0.1) is 0 Å². The second-order valence-electron chi connectivity index (χ2n) is 8.98. The van der Waals surface area contributed by atoms with E-state index in [1.807, 2.05) is 0 Å². The van der Waals surface area contributed by atoms with Crippen molar-refractivity contribution in [1.82, 2.24) is 19.9 Å². The van der Waals surface area contributed by atoms with Crippen molar-refractivity contribution in [2.24, 2.45) is 0 Å². The summed E-state index contributed by atoms with van der Waals surface area (Å²) in [6.45, 7) is 16.6. The number of H-pyrrole nitrogens is 2. The molecule has 34 heavy (non-hydrogen) atoms. The number of carbonyl (C=O) groups is 2. The minimum Gasteiger partial charge on any atom is -0.332 e. The number of hydrogen-bond donors (Lipinski definition) is 2. The smallest absolute Gasteiger partial charge is 0.197 e. The lowest BCUT2D eigenvalue weighted by Crippen LogP contribution is -1.98. The zero-order valence-electron chi connectivity index (χ0n) is 20.9. The minimum atomic E-state index is -0.0840. The molecular weight excluding hydrogens is 464 g/mol. The molecule has 6 nitrogen and oxygen atoms in total. The number of aromatic nitrogens is 4. The average Bonchev–Trinajstić information content (AvgIpc) is 3.42. The summed E-state index contributed by atoms with van der Waals surface area (Å²) < 4.78 is 0. The predicted molar refractivity (Wildman–Crippen MR) is 141 cm³/mol. The van der Waals surface area contributed by atoms with Crippen LogP contribution in [0.3, 0.4) is 0 Å². The molecule has 0 aliphatic carbocycles. The molecule has 0 aliphatic heterocycles. The lowest BCUT2D eigenvalue weighted by atomic mass is 9.98. The molecule has 2 aromatic carbocycles. The minimum absolute atomic E-state index is 0.0840. The number of carbonyl (C=O) groups excluding carboxylic acids is 2. The maximum Gasteiger partial charge on any atom is 0.197 e. The molecule has 0 spiro atoms. The van der Waals surface area contributed by atoms with Crippen molar-refractivity contribution < 1.29 is 9.59 Å². The van der Waals surface area contributed by atoms with Crippen LogP contribution in [0.15, 0.2) is 10.3 Å². The van der Waals surface area contributed by atoms with Crippen molar-refractivity contribution in [2.45, 2.75) is 78.5 Å². The Balaban J connectivity index is 1.41. The monoisotopic (exact) mass is 494 g/mol. The van der Waals surface area contributed by atoms with Gasteiger partial charge in [0.15, 0.2) is 20.5 Å². The number of fused-ring (bicyclic) bond motifs is 2. The number of hydrogen-bond acceptors (Lipinski definition) is 6. The van der Waals surface area contributed by atoms with Crippen molar-refractivity contribution in [2.75, 3.05) is 0 Å². The fourth-order valence-corrected chi connectivity index (χ4v) is 5.68. The SMILES string of the molecule is Cc1c(C)c(C)c2[nH]c(SC(=O)CCC(=O)Sc3nc4c(C)c(C)c(C)c(C)c4[nH]3)nc2c1C. The summed E-state index contributed by atoms with van der Waals surface area (Å²) in [6.07, 6.45) is 0.306. The zero-order chi connectivity index (χ0) is 24.9. The van der Waals surface area contributed by atoms with Crippen LogP contribution < -0.4 is 0 Å². The molecule has 0 amide bonds. The molecule has 2 aromatic heterocycles. The lowest BCUT2D eigenvalue weighted by molar-refractivity contribution is -0.115. The summed E-state index contributed by atoms with van der Waals surface area (Å²) in [7, 11) is 0. The van der Waals surface area contributed by atoms with Gasteiger partial charge in [0.25, 0.3) is 0 Å². The van der Waals surface area contributed by atoms with Gasteiger partial charge >= 0.3 is 0 Å². The average molecular weight is 495 g/mol. The third kappa shape index (κ3) is 4.29. The van der Waals surface area contributed by atoms with E-state index >= 15 is 0 Å².